The molecular formula is C41H28S. The molecular weight excluding hydrogens is 525 g/mol. The van der Waals surface area contributed by atoms with Crippen molar-refractivity contribution in [1.29, 1.82) is 0 Å². The lowest BCUT2D eigenvalue weighted by atomic mass is 9.79. The average Bonchev–Trinajstić information content (AvgIpc) is 3.52. The van der Waals surface area contributed by atoms with Crippen molar-refractivity contribution >= 4 is 53.1 Å². The first kappa shape index (κ1) is 23.9. The molecule has 1 aliphatic rings. The number of fused-ring (bicyclic) bond motifs is 11. The summed E-state index contributed by atoms with van der Waals surface area (Å²) in [7, 11) is 0. The number of benzene rings is 7. The third-order valence-corrected chi connectivity index (χ3v) is 10.6. The van der Waals surface area contributed by atoms with Crippen LogP contribution in [0.25, 0.3) is 75.1 Å². The molecule has 0 nitrogen and oxygen atoms in total. The second-order valence-corrected chi connectivity index (χ2v) is 13.1. The Morgan fingerprint density at radius 2 is 1.12 bits per heavy atom. The standard InChI is InChI=1S/C41H28S/c1-41(2)36-21-9-8-18-32(36)38-35-23-34-31-20-11-19-28(27-15-10-14-26(22-27)25-12-4-3-5-13-25)40(31)42-37(34)24-33(35)29-16-6-7-17-30(29)39(38)41/h3-24H,1-2H3. The molecule has 0 atom stereocenters. The van der Waals surface area contributed by atoms with Crippen LogP contribution in [-0.4, -0.2) is 0 Å². The minimum absolute atomic E-state index is 0.0532. The van der Waals surface area contributed by atoms with E-state index in [1.165, 1.54) is 86.2 Å². The fourth-order valence-electron chi connectivity index (χ4n) is 7.51. The molecule has 1 aromatic heterocycles. The van der Waals surface area contributed by atoms with Gasteiger partial charge in [-0.25, -0.2) is 0 Å². The minimum atomic E-state index is -0.0532. The van der Waals surface area contributed by atoms with Gasteiger partial charge in [0.2, 0.25) is 0 Å². The van der Waals surface area contributed by atoms with Gasteiger partial charge in [-0.2, -0.15) is 0 Å². The zero-order valence-corrected chi connectivity index (χ0v) is 24.4. The summed E-state index contributed by atoms with van der Waals surface area (Å²) in [5, 5.41) is 8.13. The lowest BCUT2D eigenvalue weighted by Gasteiger charge is -2.24. The number of thiophene rings is 1. The van der Waals surface area contributed by atoms with Crippen molar-refractivity contribution < 1.29 is 0 Å². The van der Waals surface area contributed by atoms with Crippen LogP contribution in [0, 0.1) is 0 Å². The van der Waals surface area contributed by atoms with Gasteiger partial charge in [0, 0.05) is 25.6 Å². The second-order valence-electron chi connectivity index (χ2n) is 12.1. The van der Waals surface area contributed by atoms with Gasteiger partial charge in [-0.05, 0) is 84.3 Å². The van der Waals surface area contributed by atoms with Crippen LogP contribution < -0.4 is 0 Å². The molecule has 0 unspecified atom stereocenters. The molecule has 0 spiro atoms. The van der Waals surface area contributed by atoms with Gasteiger partial charge in [-0.15, -0.1) is 11.3 Å². The Bertz CT molecular complexity index is 2370. The van der Waals surface area contributed by atoms with Crippen LogP contribution in [0.3, 0.4) is 0 Å². The highest BCUT2D eigenvalue weighted by atomic mass is 32.1. The Hall–Kier alpha value is -4.72. The van der Waals surface area contributed by atoms with Crippen molar-refractivity contribution in [3.8, 4) is 33.4 Å². The zero-order chi connectivity index (χ0) is 28.0. The van der Waals surface area contributed by atoms with Crippen molar-refractivity contribution in [3.05, 3.63) is 145 Å². The first-order chi connectivity index (χ1) is 20.6. The normalized spacial score (nSPS) is 13.7. The van der Waals surface area contributed by atoms with E-state index in [9.17, 15) is 0 Å². The Kier molecular flexibility index (Phi) is 4.93. The summed E-state index contributed by atoms with van der Waals surface area (Å²) < 4.78 is 2.70. The molecule has 42 heavy (non-hydrogen) atoms. The molecule has 0 saturated heterocycles. The van der Waals surface area contributed by atoms with E-state index in [-0.39, 0.29) is 5.41 Å². The first-order valence-electron chi connectivity index (χ1n) is 14.7. The highest BCUT2D eigenvalue weighted by molar-refractivity contribution is 7.26. The fraction of sp³-hybridized carbons (Fsp3) is 0.0732. The summed E-state index contributed by atoms with van der Waals surface area (Å²) in [6, 6.07) is 49.5. The SMILES string of the molecule is CC1(C)c2ccccc2-c2c1c1ccccc1c1cc3sc4c(-c5cccc(-c6ccccc6)c5)cccc4c3cc21. The highest BCUT2D eigenvalue weighted by Crippen LogP contribution is 2.55. The van der Waals surface area contributed by atoms with E-state index in [1.54, 1.807) is 0 Å². The van der Waals surface area contributed by atoms with Crippen LogP contribution in [0.4, 0.5) is 0 Å². The van der Waals surface area contributed by atoms with Gasteiger partial charge in [0.15, 0.2) is 0 Å². The third-order valence-electron chi connectivity index (χ3n) is 9.42. The van der Waals surface area contributed by atoms with Crippen LogP contribution in [0.2, 0.25) is 0 Å². The summed E-state index contributed by atoms with van der Waals surface area (Å²) in [5.74, 6) is 0. The lowest BCUT2D eigenvalue weighted by molar-refractivity contribution is 0.666. The average molecular weight is 553 g/mol. The zero-order valence-electron chi connectivity index (χ0n) is 23.6. The van der Waals surface area contributed by atoms with Gasteiger partial charge in [0.05, 0.1) is 0 Å². The predicted molar refractivity (Wildman–Crippen MR) is 183 cm³/mol. The largest absolute Gasteiger partial charge is 0.135 e. The molecule has 9 rings (SSSR count). The Labute approximate surface area is 249 Å². The van der Waals surface area contributed by atoms with Gasteiger partial charge in [-0.1, -0.05) is 129 Å². The Morgan fingerprint density at radius 1 is 0.452 bits per heavy atom. The van der Waals surface area contributed by atoms with Crippen molar-refractivity contribution in [2.75, 3.05) is 0 Å². The maximum atomic E-state index is 2.50. The number of rotatable bonds is 2. The molecule has 1 heteroatoms. The van der Waals surface area contributed by atoms with Crippen molar-refractivity contribution in [1.82, 2.24) is 0 Å². The Balaban J connectivity index is 1.36. The monoisotopic (exact) mass is 552 g/mol. The lowest BCUT2D eigenvalue weighted by Crippen LogP contribution is -2.15. The topological polar surface area (TPSA) is 0 Å². The molecule has 1 heterocycles. The van der Waals surface area contributed by atoms with Crippen molar-refractivity contribution in [3.63, 3.8) is 0 Å². The minimum Gasteiger partial charge on any atom is -0.135 e. The summed E-state index contributed by atoms with van der Waals surface area (Å²) in [6.45, 7) is 4.79. The van der Waals surface area contributed by atoms with Gasteiger partial charge >= 0.3 is 0 Å². The molecule has 7 aromatic carbocycles. The molecule has 198 valence electrons. The summed E-state index contributed by atoms with van der Waals surface area (Å²) in [6.07, 6.45) is 0. The van der Waals surface area contributed by atoms with E-state index < -0.39 is 0 Å². The first-order valence-corrected chi connectivity index (χ1v) is 15.5. The molecule has 0 fully saturated rings. The van der Waals surface area contributed by atoms with Gasteiger partial charge in [-0.3, -0.25) is 0 Å². The summed E-state index contributed by atoms with van der Waals surface area (Å²) >= 11 is 1.93. The molecule has 8 aromatic rings. The predicted octanol–water partition coefficient (Wildman–Crippen LogP) is 12.0. The number of hydrogen-bond donors (Lipinski definition) is 0. The van der Waals surface area contributed by atoms with E-state index >= 15 is 0 Å². The quantitative estimate of drug-likeness (QED) is 0.187. The van der Waals surface area contributed by atoms with Gasteiger partial charge in [0.25, 0.3) is 0 Å². The van der Waals surface area contributed by atoms with E-state index in [0.29, 0.717) is 0 Å². The second kappa shape index (κ2) is 8.64. The van der Waals surface area contributed by atoms with Crippen LogP contribution in [0.5, 0.6) is 0 Å². The fourth-order valence-corrected chi connectivity index (χ4v) is 8.77. The maximum Gasteiger partial charge on any atom is 0.0433 e. The van der Waals surface area contributed by atoms with E-state index in [2.05, 4.69) is 147 Å². The van der Waals surface area contributed by atoms with Crippen molar-refractivity contribution in [2.45, 2.75) is 19.3 Å². The van der Waals surface area contributed by atoms with E-state index in [0.717, 1.165) is 0 Å². The molecule has 0 radical (unpaired) electrons. The highest BCUT2D eigenvalue weighted by Gasteiger charge is 2.38. The van der Waals surface area contributed by atoms with Crippen LogP contribution in [0.15, 0.2) is 133 Å². The van der Waals surface area contributed by atoms with Crippen molar-refractivity contribution in [2.24, 2.45) is 0 Å². The van der Waals surface area contributed by atoms with Gasteiger partial charge < -0.3 is 0 Å². The third kappa shape index (κ3) is 3.23. The summed E-state index contributed by atoms with van der Waals surface area (Å²) in [4.78, 5) is 0. The molecule has 0 saturated carbocycles. The smallest absolute Gasteiger partial charge is 0.0433 e. The summed E-state index contributed by atoms with van der Waals surface area (Å²) in [5.41, 5.74) is 10.7. The van der Waals surface area contributed by atoms with E-state index in [1.807, 2.05) is 11.3 Å². The molecule has 1 aliphatic carbocycles. The van der Waals surface area contributed by atoms with Crippen LogP contribution in [-0.2, 0) is 5.41 Å². The van der Waals surface area contributed by atoms with E-state index in [4.69, 9.17) is 0 Å². The maximum absolute atomic E-state index is 2.50. The molecule has 0 amide bonds. The number of hydrogen-bond acceptors (Lipinski definition) is 1. The van der Waals surface area contributed by atoms with Crippen LogP contribution >= 0.6 is 11.3 Å². The van der Waals surface area contributed by atoms with Gasteiger partial charge in [0.1, 0.15) is 0 Å². The molecule has 0 aliphatic heterocycles. The molecule has 0 bridgehead atoms. The van der Waals surface area contributed by atoms with Crippen LogP contribution in [0.1, 0.15) is 25.0 Å². The Morgan fingerprint density at radius 3 is 2.00 bits per heavy atom. The molecule has 0 N–H and O–H groups in total.